The molecule has 0 aliphatic heterocycles. The lowest BCUT2D eigenvalue weighted by atomic mass is 10.1. The van der Waals surface area contributed by atoms with Gasteiger partial charge in [0.15, 0.2) is 0 Å². The minimum Gasteiger partial charge on any atom is -0.370 e. The molecule has 0 amide bonds. The molecule has 0 fully saturated rings. The molecule has 2 N–H and O–H groups in total. The number of benzene rings is 1. The minimum atomic E-state index is -4.11. The maximum atomic E-state index is 12.5. The van der Waals surface area contributed by atoms with Gasteiger partial charge in [-0.15, -0.1) is 0 Å². The molecular formula is C11H13F4NO. The van der Waals surface area contributed by atoms with E-state index >= 15 is 0 Å². The van der Waals surface area contributed by atoms with Crippen molar-refractivity contribution in [2.75, 3.05) is 6.61 Å². The van der Waals surface area contributed by atoms with Crippen molar-refractivity contribution < 1.29 is 22.3 Å². The molecule has 0 aliphatic rings. The lowest BCUT2D eigenvalue weighted by Gasteiger charge is -2.15. The Labute approximate surface area is 96.4 Å². The number of hydrogen-bond donors (Lipinski definition) is 1. The van der Waals surface area contributed by atoms with Gasteiger partial charge in [-0.2, -0.15) is 8.78 Å². The lowest BCUT2D eigenvalue weighted by molar-refractivity contribution is -0.168. The predicted molar refractivity (Wildman–Crippen MR) is 54.9 cm³/mol. The van der Waals surface area contributed by atoms with E-state index in [9.17, 15) is 17.6 Å². The summed E-state index contributed by atoms with van der Waals surface area (Å²) in [6.07, 6.45) is -3.71. The van der Waals surface area contributed by atoms with Crippen molar-refractivity contribution >= 4 is 0 Å². The molecule has 1 rings (SSSR count). The SMILES string of the molecule is NCc1cccc(COCC(F)(F)C(F)F)c1. The topological polar surface area (TPSA) is 35.2 Å². The summed E-state index contributed by atoms with van der Waals surface area (Å²) in [5, 5.41) is 0. The molecule has 0 saturated heterocycles. The molecule has 0 heterocycles. The van der Waals surface area contributed by atoms with Gasteiger partial charge in [-0.05, 0) is 11.1 Å². The zero-order chi connectivity index (χ0) is 12.9. The summed E-state index contributed by atoms with van der Waals surface area (Å²) in [6.45, 7) is -1.12. The molecule has 96 valence electrons. The van der Waals surface area contributed by atoms with Crippen molar-refractivity contribution in [2.45, 2.75) is 25.5 Å². The standard InChI is InChI=1S/C11H13F4NO/c12-10(13)11(14,15)7-17-6-9-3-1-2-8(4-9)5-16/h1-4,10H,5-7,16H2. The maximum Gasteiger partial charge on any atom is 0.330 e. The highest BCUT2D eigenvalue weighted by molar-refractivity contribution is 5.22. The predicted octanol–water partition coefficient (Wildman–Crippen LogP) is 2.56. The van der Waals surface area contributed by atoms with Crippen LogP contribution < -0.4 is 5.73 Å². The molecule has 17 heavy (non-hydrogen) atoms. The summed E-state index contributed by atoms with van der Waals surface area (Å²) in [7, 11) is 0. The van der Waals surface area contributed by atoms with E-state index in [4.69, 9.17) is 5.73 Å². The number of alkyl halides is 4. The Balaban J connectivity index is 2.45. The van der Waals surface area contributed by atoms with Gasteiger partial charge in [0.05, 0.1) is 6.61 Å². The van der Waals surface area contributed by atoms with Crippen LogP contribution in [0.15, 0.2) is 24.3 Å². The summed E-state index contributed by atoms with van der Waals surface area (Å²) in [6, 6.07) is 6.81. The molecule has 0 aliphatic carbocycles. The highest BCUT2D eigenvalue weighted by Crippen LogP contribution is 2.23. The minimum absolute atomic E-state index is 0.143. The molecule has 0 radical (unpaired) electrons. The number of hydrogen-bond acceptors (Lipinski definition) is 2. The lowest BCUT2D eigenvalue weighted by Crippen LogP contribution is -2.32. The molecule has 6 heteroatoms. The molecular weight excluding hydrogens is 238 g/mol. The smallest absolute Gasteiger partial charge is 0.330 e. The van der Waals surface area contributed by atoms with Crippen LogP contribution >= 0.6 is 0 Å². The third-order valence-electron chi connectivity index (χ3n) is 2.11. The van der Waals surface area contributed by atoms with Crippen LogP contribution in [-0.4, -0.2) is 19.0 Å². The van der Waals surface area contributed by atoms with Gasteiger partial charge in [0, 0.05) is 6.54 Å². The van der Waals surface area contributed by atoms with Crippen LogP contribution in [0, 0.1) is 0 Å². The first kappa shape index (κ1) is 13.9. The molecule has 0 aromatic heterocycles. The first-order valence-electron chi connectivity index (χ1n) is 4.97. The molecule has 0 bridgehead atoms. The quantitative estimate of drug-likeness (QED) is 0.788. The highest BCUT2D eigenvalue weighted by atomic mass is 19.3. The van der Waals surface area contributed by atoms with E-state index in [1.807, 2.05) is 0 Å². The fourth-order valence-corrected chi connectivity index (χ4v) is 1.21. The second-order valence-corrected chi connectivity index (χ2v) is 3.58. The van der Waals surface area contributed by atoms with Crippen molar-refractivity contribution in [1.29, 1.82) is 0 Å². The third kappa shape index (κ3) is 4.32. The average Bonchev–Trinajstić information content (AvgIpc) is 2.29. The normalized spacial score (nSPS) is 12.1. The van der Waals surface area contributed by atoms with Gasteiger partial charge in [0.2, 0.25) is 0 Å². The number of nitrogens with two attached hydrogens (primary N) is 1. The van der Waals surface area contributed by atoms with E-state index in [0.29, 0.717) is 12.1 Å². The first-order valence-corrected chi connectivity index (χ1v) is 4.97. The Kier molecular flexibility index (Phi) is 4.89. The molecule has 0 atom stereocenters. The van der Waals surface area contributed by atoms with Crippen LogP contribution in [0.3, 0.4) is 0 Å². The Hall–Kier alpha value is -1.14. The van der Waals surface area contributed by atoms with E-state index in [1.165, 1.54) is 0 Å². The van der Waals surface area contributed by atoms with Crippen molar-refractivity contribution in [3.63, 3.8) is 0 Å². The second-order valence-electron chi connectivity index (χ2n) is 3.58. The van der Waals surface area contributed by atoms with Crippen LogP contribution in [0.25, 0.3) is 0 Å². The number of rotatable bonds is 6. The largest absolute Gasteiger partial charge is 0.370 e. The van der Waals surface area contributed by atoms with Gasteiger partial charge in [0.1, 0.15) is 6.61 Å². The Bertz CT molecular complexity index is 357. The van der Waals surface area contributed by atoms with Crippen LogP contribution in [0.1, 0.15) is 11.1 Å². The van der Waals surface area contributed by atoms with Gasteiger partial charge < -0.3 is 10.5 Å². The summed E-state index contributed by atoms with van der Waals surface area (Å²) < 4.78 is 53.2. The summed E-state index contributed by atoms with van der Waals surface area (Å²) in [5.41, 5.74) is 6.85. The van der Waals surface area contributed by atoms with Crippen molar-refractivity contribution in [2.24, 2.45) is 5.73 Å². The van der Waals surface area contributed by atoms with Crippen LogP contribution in [-0.2, 0) is 17.9 Å². The van der Waals surface area contributed by atoms with Crippen LogP contribution in [0.5, 0.6) is 0 Å². The van der Waals surface area contributed by atoms with Gasteiger partial charge in [-0.1, -0.05) is 24.3 Å². The molecule has 1 aromatic carbocycles. The third-order valence-corrected chi connectivity index (χ3v) is 2.11. The van der Waals surface area contributed by atoms with Crippen LogP contribution in [0.2, 0.25) is 0 Å². The van der Waals surface area contributed by atoms with E-state index in [0.717, 1.165) is 5.56 Å². The van der Waals surface area contributed by atoms with Gasteiger partial charge in [-0.3, -0.25) is 0 Å². The van der Waals surface area contributed by atoms with Crippen LogP contribution in [0.4, 0.5) is 17.6 Å². The van der Waals surface area contributed by atoms with Crippen molar-refractivity contribution in [3.8, 4) is 0 Å². The maximum absolute atomic E-state index is 12.5. The monoisotopic (exact) mass is 251 g/mol. The van der Waals surface area contributed by atoms with Crippen molar-refractivity contribution in [3.05, 3.63) is 35.4 Å². The Morgan fingerprint density at radius 2 is 1.88 bits per heavy atom. The molecule has 1 aromatic rings. The van der Waals surface area contributed by atoms with Gasteiger partial charge >= 0.3 is 12.3 Å². The molecule has 2 nitrogen and oxygen atoms in total. The number of ether oxygens (including phenoxy) is 1. The Morgan fingerprint density at radius 1 is 1.24 bits per heavy atom. The average molecular weight is 251 g/mol. The number of halogens is 4. The summed E-state index contributed by atoms with van der Waals surface area (Å²) >= 11 is 0. The molecule has 0 spiro atoms. The fourth-order valence-electron chi connectivity index (χ4n) is 1.21. The molecule has 0 unspecified atom stereocenters. The zero-order valence-corrected chi connectivity index (χ0v) is 9.01. The summed E-state index contributed by atoms with van der Waals surface area (Å²) in [4.78, 5) is 0. The van der Waals surface area contributed by atoms with Gasteiger partial charge in [-0.25, -0.2) is 8.78 Å². The molecule has 0 saturated carbocycles. The first-order chi connectivity index (χ1) is 7.95. The highest BCUT2D eigenvalue weighted by Gasteiger charge is 2.40. The van der Waals surface area contributed by atoms with Crippen molar-refractivity contribution in [1.82, 2.24) is 0 Å². The van der Waals surface area contributed by atoms with E-state index < -0.39 is 19.0 Å². The second kappa shape index (κ2) is 5.97. The Morgan fingerprint density at radius 3 is 2.47 bits per heavy atom. The zero-order valence-electron chi connectivity index (χ0n) is 9.01. The van der Waals surface area contributed by atoms with E-state index in [1.54, 1.807) is 24.3 Å². The summed E-state index contributed by atoms with van der Waals surface area (Å²) in [5.74, 6) is -4.11. The fraction of sp³-hybridized carbons (Fsp3) is 0.455. The van der Waals surface area contributed by atoms with Gasteiger partial charge in [0.25, 0.3) is 0 Å². The van der Waals surface area contributed by atoms with E-state index in [-0.39, 0.29) is 6.61 Å². The van der Waals surface area contributed by atoms with E-state index in [2.05, 4.69) is 4.74 Å².